The number of nitrogens with zero attached hydrogens (tertiary/aromatic N) is 2. The number of hydrogen-bond acceptors (Lipinski definition) is 6. The highest BCUT2D eigenvalue weighted by Crippen LogP contribution is 2.35. The number of benzene rings is 1. The Morgan fingerprint density at radius 1 is 1.40 bits per heavy atom. The summed E-state index contributed by atoms with van der Waals surface area (Å²) in [7, 11) is 1.90. The summed E-state index contributed by atoms with van der Waals surface area (Å²) in [4.78, 5) is 13.0. The second kappa shape index (κ2) is 7.24. The van der Waals surface area contributed by atoms with Crippen LogP contribution in [0.4, 0.5) is 0 Å². The van der Waals surface area contributed by atoms with Gasteiger partial charge in [0.15, 0.2) is 24.7 Å². The maximum absolute atomic E-state index is 11.8. The molecule has 0 saturated heterocycles. The standard InChI is InChI=1S/C16H20N4O4S/c1-10(2)17-14(21)7-19(3)8-20-16(25)24-15(18-20)11-4-5-12-13(6-11)23-9-22-12/h4-6,10H,7-9H2,1-3H3,(H,17,21)/p+1. The van der Waals surface area contributed by atoms with E-state index in [1.165, 1.54) is 0 Å². The molecule has 0 aliphatic carbocycles. The maximum Gasteiger partial charge on any atom is 0.292 e. The molecule has 0 saturated carbocycles. The van der Waals surface area contributed by atoms with Crippen molar-refractivity contribution >= 4 is 18.1 Å². The summed E-state index contributed by atoms with van der Waals surface area (Å²) in [6.45, 7) is 4.82. The third-order valence-electron chi connectivity index (χ3n) is 3.56. The Kier molecular flexibility index (Phi) is 5.05. The predicted octanol–water partition coefficient (Wildman–Crippen LogP) is 0.598. The minimum Gasteiger partial charge on any atom is -0.454 e. The molecule has 1 atom stereocenters. The monoisotopic (exact) mass is 365 g/mol. The number of likely N-dealkylation sites (N-methyl/N-ethyl adjacent to an activating group) is 1. The van der Waals surface area contributed by atoms with Gasteiger partial charge in [-0.2, -0.15) is 4.68 Å². The van der Waals surface area contributed by atoms with Crippen LogP contribution in [0.5, 0.6) is 11.5 Å². The fraction of sp³-hybridized carbons (Fsp3) is 0.438. The van der Waals surface area contributed by atoms with Crippen molar-refractivity contribution in [2.45, 2.75) is 26.6 Å². The van der Waals surface area contributed by atoms with Gasteiger partial charge in [-0.25, -0.2) is 0 Å². The van der Waals surface area contributed by atoms with Crippen LogP contribution in [0.3, 0.4) is 0 Å². The van der Waals surface area contributed by atoms with Crippen LogP contribution in [0.15, 0.2) is 22.6 Å². The highest BCUT2D eigenvalue weighted by Gasteiger charge is 2.18. The smallest absolute Gasteiger partial charge is 0.292 e. The third-order valence-corrected chi connectivity index (χ3v) is 3.85. The number of rotatable bonds is 6. The van der Waals surface area contributed by atoms with Gasteiger partial charge in [0.25, 0.3) is 10.7 Å². The van der Waals surface area contributed by atoms with Crippen molar-refractivity contribution in [3.8, 4) is 23.0 Å². The Morgan fingerprint density at radius 3 is 2.92 bits per heavy atom. The number of carbonyl (C=O) groups is 1. The van der Waals surface area contributed by atoms with Crippen molar-refractivity contribution in [1.82, 2.24) is 15.1 Å². The molecule has 134 valence electrons. The molecule has 0 bridgehead atoms. The quantitative estimate of drug-likeness (QED) is 0.730. The highest BCUT2D eigenvalue weighted by molar-refractivity contribution is 7.71. The molecule has 0 radical (unpaired) electrons. The first-order chi connectivity index (χ1) is 11.9. The van der Waals surface area contributed by atoms with Gasteiger partial charge in [-0.15, -0.1) is 5.10 Å². The number of aromatic nitrogens is 2. The zero-order valence-electron chi connectivity index (χ0n) is 14.4. The van der Waals surface area contributed by atoms with Crippen LogP contribution >= 0.6 is 12.2 Å². The summed E-state index contributed by atoms with van der Waals surface area (Å²) in [6.07, 6.45) is 0. The first-order valence-corrected chi connectivity index (χ1v) is 8.42. The van der Waals surface area contributed by atoms with Crippen LogP contribution in [0, 0.1) is 4.84 Å². The lowest BCUT2D eigenvalue weighted by molar-refractivity contribution is -0.895. The Balaban J connectivity index is 1.70. The molecule has 0 fully saturated rings. The first-order valence-electron chi connectivity index (χ1n) is 8.01. The first kappa shape index (κ1) is 17.4. The zero-order valence-corrected chi connectivity index (χ0v) is 15.2. The lowest BCUT2D eigenvalue weighted by Gasteiger charge is -2.14. The van der Waals surface area contributed by atoms with E-state index in [1.807, 2.05) is 33.0 Å². The van der Waals surface area contributed by atoms with Crippen LogP contribution in [0.2, 0.25) is 0 Å². The van der Waals surface area contributed by atoms with Crippen LogP contribution in [0.25, 0.3) is 11.5 Å². The van der Waals surface area contributed by atoms with E-state index in [4.69, 9.17) is 26.1 Å². The fourth-order valence-corrected chi connectivity index (χ4v) is 2.70. The number of quaternary nitrogens is 1. The molecule has 1 amide bonds. The van der Waals surface area contributed by atoms with Crippen molar-refractivity contribution in [2.24, 2.45) is 0 Å². The van der Waals surface area contributed by atoms with Gasteiger partial charge in [0.05, 0.1) is 7.05 Å². The van der Waals surface area contributed by atoms with Gasteiger partial charge in [-0.3, -0.25) is 4.79 Å². The van der Waals surface area contributed by atoms with Gasteiger partial charge < -0.3 is 24.1 Å². The number of nitrogens with one attached hydrogen (secondary N) is 2. The Labute approximate surface area is 150 Å². The van der Waals surface area contributed by atoms with Gasteiger partial charge >= 0.3 is 0 Å². The molecule has 2 heterocycles. The molecule has 2 N–H and O–H groups in total. The van der Waals surface area contributed by atoms with E-state index >= 15 is 0 Å². The number of amides is 1. The van der Waals surface area contributed by atoms with Crippen LogP contribution < -0.4 is 19.7 Å². The molecular weight excluding hydrogens is 344 g/mol. The molecule has 2 aromatic rings. The minimum atomic E-state index is -0.0153. The maximum atomic E-state index is 11.8. The van der Waals surface area contributed by atoms with Gasteiger partial charge in [0.2, 0.25) is 12.7 Å². The Hall–Kier alpha value is -2.39. The van der Waals surface area contributed by atoms with Crippen molar-refractivity contribution in [3.63, 3.8) is 0 Å². The largest absolute Gasteiger partial charge is 0.454 e. The second-order valence-corrected chi connectivity index (χ2v) is 6.60. The lowest BCUT2D eigenvalue weighted by Crippen LogP contribution is -3.09. The van der Waals surface area contributed by atoms with Gasteiger partial charge in [-0.1, -0.05) is 0 Å². The van der Waals surface area contributed by atoms with Gasteiger partial charge in [0.1, 0.15) is 0 Å². The second-order valence-electron chi connectivity index (χ2n) is 6.25. The number of ether oxygens (including phenoxy) is 2. The van der Waals surface area contributed by atoms with E-state index in [9.17, 15) is 4.79 Å². The van der Waals surface area contributed by atoms with Crippen molar-refractivity contribution in [1.29, 1.82) is 0 Å². The Morgan fingerprint density at radius 2 is 2.16 bits per heavy atom. The zero-order chi connectivity index (χ0) is 18.0. The molecule has 1 aliphatic rings. The molecule has 1 aromatic heterocycles. The molecule has 1 aliphatic heterocycles. The van der Waals surface area contributed by atoms with Crippen LogP contribution in [-0.2, 0) is 11.5 Å². The summed E-state index contributed by atoms with van der Waals surface area (Å²) in [6, 6.07) is 5.57. The summed E-state index contributed by atoms with van der Waals surface area (Å²) in [5, 5.41) is 7.27. The van der Waals surface area contributed by atoms with E-state index < -0.39 is 0 Å². The van der Waals surface area contributed by atoms with Gasteiger partial charge in [-0.05, 0) is 44.3 Å². The van der Waals surface area contributed by atoms with Gasteiger partial charge in [0, 0.05) is 11.6 Å². The van der Waals surface area contributed by atoms with E-state index in [2.05, 4.69) is 10.4 Å². The predicted molar refractivity (Wildman–Crippen MR) is 91.9 cm³/mol. The number of fused-ring (bicyclic) bond motifs is 1. The highest BCUT2D eigenvalue weighted by atomic mass is 32.1. The minimum absolute atomic E-state index is 0.0153. The van der Waals surface area contributed by atoms with Crippen LogP contribution in [-0.4, -0.2) is 42.1 Å². The molecule has 25 heavy (non-hydrogen) atoms. The molecule has 0 spiro atoms. The van der Waals surface area contributed by atoms with Crippen molar-refractivity contribution < 1.29 is 23.6 Å². The summed E-state index contributed by atoms with van der Waals surface area (Å²) in [5.41, 5.74) is 0.754. The molecule has 1 unspecified atom stereocenters. The average Bonchev–Trinajstić information content (AvgIpc) is 3.12. The van der Waals surface area contributed by atoms with E-state index in [1.54, 1.807) is 10.7 Å². The number of hydrogen-bond donors (Lipinski definition) is 2. The van der Waals surface area contributed by atoms with E-state index in [0.29, 0.717) is 30.6 Å². The fourth-order valence-electron chi connectivity index (χ4n) is 2.51. The molecule has 8 nitrogen and oxygen atoms in total. The molecule has 1 aromatic carbocycles. The van der Waals surface area contributed by atoms with Crippen molar-refractivity contribution in [3.05, 3.63) is 23.0 Å². The topological polar surface area (TPSA) is 83.0 Å². The Bertz CT molecular complexity index is 830. The van der Waals surface area contributed by atoms with Crippen LogP contribution in [0.1, 0.15) is 13.8 Å². The summed E-state index contributed by atoms with van der Waals surface area (Å²) < 4.78 is 17.8. The SMILES string of the molecule is CC(C)NC(=O)C[NH+](C)Cn1nc(-c2ccc3c(c2)OCO3)oc1=S. The molecular formula is C16H21N4O4S+. The average molecular weight is 365 g/mol. The van der Waals surface area contributed by atoms with E-state index in [0.717, 1.165) is 10.5 Å². The third kappa shape index (κ3) is 4.18. The summed E-state index contributed by atoms with van der Waals surface area (Å²) >= 11 is 5.24. The molecule has 9 heteroatoms. The van der Waals surface area contributed by atoms with E-state index in [-0.39, 0.29) is 23.6 Å². The normalized spacial score (nSPS) is 13.9. The number of carbonyl (C=O) groups excluding carboxylic acids is 1. The lowest BCUT2D eigenvalue weighted by atomic mass is 10.2. The summed E-state index contributed by atoms with van der Waals surface area (Å²) in [5.74, 6) is 1.74. The molecule has 3 rings (SSSR count). The van der Waals surface area contributed by atoms with Crippen molar-refractivity contribution in [2.75, 3.05) is 20.4 Å².